The molecule has 0 unspecified atom stereocenters. The number of nitrogens with zero attached hydrogens (tertiary/aromatic N) is 3. The van der Waals surface area contributed by atoms with Crippen LogP contribution < -0.4 is 4.80 Å². The summed E-state index contributed by atoms with van der Waals surface area (Å²) < 4.78 is 30.9. The molecule has 0 spiro atoms. The maximum absolute atomic E-state index is 13.2. The second kappa shape index (κ2) is 9.91. The summed E-state index contributed by atoms with van der Waals surface area (Å²) in [6.07, 6.45) is 0. The summed E-state index contributed by atoms with van der Waals surface area (Å²) in [6, 6.07) is 10.3. The molecule has 1 amide bonds. The highest BCUT2D eigenvalue weighted by atomic mass is 32.2. The predicted molar refractivity (Wildman–Crippen MR) is 135 cm³/mol. The third-order valence-corrected chi connectivity index (χ3v) is 8.44. The summed E-state index contributed by atoms with van der Waals surface area (Å²) in [6.45, 7) is 13.0. The van der Waals surface area contributed by atoms with Gasteiger partial charge >= 0.3 is 0 Å². The lowest BCUT2D eigenvalue weighted by Gasteiger charge is -2.25. The van der Waals surface area contributed by atoms with E-state index in [9.17, 15) is 13.2 Å². The Morgan fingerprint density at radius 1 is 1.03 bits per heavy atom. The third kappa shape index (κ3) is 5.62. The number of hydrogen-bond donors (Lipinski definition) is 0. The molecule has 0 radical (unpaired) electrons. The van der Waals surface area contributed by atoms with Crippen molar-refractivity contribution in [1.82, 2.24) is 8.87 Å². The van der Waals surface area contributed by atoms with Gasteiger partial charge in [0, 0.05) is 25.7 Å². The maximum Gasteiger partial charge on any atom is 0.279 e. The average Bonchev–Trinajstić information content (AvgIpc) is 3.03. The Labute approximate surface area is 200 Å². The highest BCUT2D eigenvalue weighted by Crippen LogP contribution is 2.23. The number of benzene rings is 2. The van der Waals surface area contributed by atoms with Gasteiger partial charge in [0.1, 0.15) is 0 Å². The number of rotatable bonds is 7. The summed E-state index contributed by atoms with van der Waals surface area (Å²) in [5, 5.41) is 0. The van der Waals surface area contributed by atoms with E-state index in [4.69, 9.17) is 0 Å². The lowest BCUT2D eigenvalue weighted by Crippen LogP contribution is -2.37. The van der Waals surface area contributed by atoms with Crippen LogP contribution in [0.5, 0.6) is 0 Å². The van der Waals surface area contributed by atoms with E-state index in [-0.39, 0.29) is 16.7 Å². The predicted octanol–water partition coefficient (Wildman–Crippen LogP) is 4.90. The van der Waals surface area contributed by atoms with E-state index < -0.39 is 15.9 Å². The van der Waals surface area contributed by atoms with Crippen LogP contribution in [0.25, 0.3) is 10.2 Å². The van der Waals surface area contributed by atoms with Gasteiger partial charge in [-0.2, -0.15) is 9.30 Å². The molecule has 33 heavy (non-hydrogen) atoms. The molecule has 0 saturated heterocycles. The van der Waals surface area contributed by atoms with E-state index in [1.54, 1.807) is 12.1 Å². The molecule has 1 heterocycles. The SMILES string of the molecule is Cc1cc(C)c2sc(=NC(=O)c3ccc(S(=O)(=O)N(CC(C)C)CC(C)C)cc3)n(C)c2c1. The van der Waals surface area contributed by atoms with Crippen LogP contribution in [0.1, 0.15) is 49.2 Å². The number of thiazole rings is 1. The average molecular weight is 488 g/mol. The molecule has 0 aliphatic rings. The number of carbonyl (C=O) groups excluding carboxylic acids is 1. The topological polar surface area (TPSA) is 71.7 Å². The van der Waals surface area contributed by atoms with Crippen molar-refractivity contribution in [3.05, 3.63) is 57.9 Å². The number of fused-ring (bicyclic) bond motifs is 1. The Morgan fingerprint density at radius 3 is 2.15 bits per heavy atom. The Bertz CT molecular complexity index is 1320. The first-order valence-corrected chi connectivity index (χ1v) is 13.4. The second-order valence-electron chi connectivity index (χ2n) is 9.42. The van der Waals surface area contributed by atoms with E-state index in [1.807, 2.05) is 46.2 Å². The van der Waals surface area contributed by atoms with Crippen molar-refractivity contribution >= 4 is 37.5 Å². The molecule has 0 saturated carbocycles. The molecule has 178 valence electrons. The van der Waals surface area contributed by atoms with Crippen molar-refractivity contribution in [3.63, 3.8) is 0 Å². The van der Waals surface area contributed by atoms with Crippen LogP contribution in [-0.4, -0.2) is 36.3 Å². The lowest BCUT2D eigenvalue weighted by atomic mass is 10.1. The van der Waals surface area contributed by atoms with Crippen molar-refractivity contribution in [2.75, 3.05) is 13.1 Å². The van der Waals surface area contributed by atoms with Gasteiger partial charge in [-0.15, -0.1) is 0 Å². The molecule has 0 fully saturated rings. The Morgan fingerprint density at radius 2 is 1.61 bits per heavy atom. The van der Waals surface area contributed by atoms with Crippen LogP contribution >= 0.6 is 11.3 Å². The van der Waals surface area contributed by atoms with Gasteiger partial charge in [0.2, 0.25) is 10.0 Å². The van der Waals surface area contributed by atoms with Crippen LogP contribution in [-0.2, 0) is 17.1 Å². The molecule has 0 N–H and O–H groups in total. The monoisotopic (exact) mass is 487 g/mol. The molecule has 0 atom stereocenters. The van der Waals surface area contributed by atoms with Gasteiger partial charge in [-0.25, -0.2) is 8.42 Å². The molecular weight excluding hydrogens is 454 g/mol. The zero-order valence-electron chi connectivity index (χ0n) is 20.4. The summed E-state index contributed by atoms with van der Waals surface area (Å²) in [7, 11) is -1.74. The van der Waals surface area contributed by atoms with E-state index >= 15 is 0 Å². The van der Waals surface area contributed by atoms with Crippen molar-refractivity contribution < 1.29 is 13.2 Å². The van der Waals surface area contributed by atoms with E-state index in [0.29, 0.717) is 23.5 Å². The first-order chi connectivity index (χ1) is 15.4. The second-order valence-corrected chi connectivity index (χ2v) is 12.3. The molecule has 3 aromatic rings. The molecule has 6 nitrogen and oxygen atoms in total. The van der Waals surface area contributed by atoms with Crippen molar-refractivity contribution in [2.24, 2.45) is 23.9 Å². The largest absolute Gasteiger partial charge is 0.319 e. The standard InChI is InChI=1S/C25H33N3O3S2/c1-16(2)14-28(15-17(3)4)33(30,31)21-10-8-20(9-11-21)24(29)26-25-27(7)22-13-18(5)12-19(6)23(22)32-25/h8-13,16-17H,14-15H2,1-7H3. The van der Waals surface area contributed by atoms with Gasteiger partial charge in [0.15, 0.2) is 4.80 Å². The minimum atomic E-state index is -3.64. The number of amides is 1. The zero-order chi connectivity index (χ0) is 24.5. The van der Waals surface area contributed by atoms with Crippen LogP contribution in [0.3, 0.4) is 0 Å². The van der Waals surface area contributed by atoms with Crippen molar-refractivity contribution in [2.45, 2.75) is 46.4 Å². The van der Waals surface area contributed by atoms with Gasteiger partial charge in [-0.3, -0.25) is 4.79 Å². The fourth-order valence-corrected chi connectivity index (χ4v) is 6.66. The molecule has 2 aromatic carbocycles. The smallest absolute Gasteiger partial charge is 0.279 e. The quantitative estimate of drug-likeness (QED) is 0.476. The Kier molecular flexibility index (Phi) is 7.61. The normalized spacial score (nSPS) is 13.1. The molecule has 0 aliphatic carbocycles. The van der Waals surface area contributed by atoms with Crippen molar-refractivity contribution in [3.8, 4) is 0 Å². The van der Waals surface area contributed by atoms with Gasteiger partial charge < -0.3 is 4.57 Å². The first-order valence-electron chi connectivity index (χ1n) is 11.2. The number of sulfonamides is 1. The summed E-state index contributed by atoms with van der Waals surface area (Å²) in [5.74, 6) is 0.0389. The van der Waals surface area contributed by atoms with E-state index in [1.165, 1.54) is 27.8 Å². The fraction of sp³-hybridized carbons (Fsp3) is 0.440. The Balaban J connectivity index is 1.92. The number of carbonyl (C=O) groups is 1. The minimum absolute atomic E-state index is 0.193. The first kappa shape index (κ1) is 25.3. The number of hydrogen-bond acceptors (Lipinski definition) is 4. The van der Waals surface area contributed by atoms with Crippen molar-refractivity contribution in [1.29, 1.82) is 0 Å². The summed E-state index contributed by atoms with van der Waals surface area (Å²) in [5.41, 5.74) is 3.72. The summed E-state index contributed by atoms with van der Waals surface area (Å²) in [4.78, 5) is 18.0. The Hall–Kier alpha value is -2.29. The maximum atomic E-state index is 13.2. The van der Waals surface area contributed by atoms with E-state index in [2.05, 4.69) is 24.0 Å². The lowest BCUT2D eigenvalue weighted by molar-refractivity contribution is 0.0998. The van der Waals surface area contributed by atoms with Crippen LogP contribution in [0.4, 0.5) is 0 Å². The molecule has 1 aromatic heterocycles. The molecule has 3 rings (SSSR count). The highest BCUT2D eigenvalue weighted by Gasteiger charge is 2.26. The zero-order valence-corrected chi connectivity index (χ0v) is 22.0. The molecule has 0 aliphatic heterocycles. The van der Waals surface area contributed by atoms with Crippen LogP contribution in [0.15, 0.2) is 46.3 Å². The number of aromatic nitrogens is 1. The third-order valence-electron chi connectivity index (χ3n) is 5.31. The minimum Gasteiger partial charge on any atom is -0.319 e. The van der Waals surface area contributed by atoms with Crippen LogP contribution in [0, 0.1) is 25.7 Å². The van der Waals surface area contributed by atoms with Gasteiger partial charge in [-0.05, 0) is 67.1 Å². The number of aryl methyl sites for hydroxylation is 3. The van der Waals surface area contributed by atoms with Gasteiger partial charge in [0.05, 0.1) is 15.1 Å². The fourth-order valence-electron chi connectivity index (χ4n) is 3.83. The molecule has 8 heteroatoms. The summed E-state index contributed by atoms with van der Waals surface area (Å²) >= 11 is 1.48. The molecular formula is C25H33N3O3S2. The molecule has 0 bridgehead atoms. The van der Waals surface area contributed by atoms with Gasteiger partial charge in [0.25, 0.3) is 5.91 Å². The van der Waals surface area contributed by atoms with E-state index in [0.717, 1.165) is 21.3 Å². The van der Waals surface area contributed by atoms with Gasteiger partial charge in [-0.1, -0.05) is 45.1 Å². The van der Waals surface area contributed by atoms with Crippen LogP contribution in [0.2, 0.25) is 0 Å². The highest BCUT2D eigenvalue weighted by molar-refractivity contribution is 7.89.